The molecule has 3 aromatic carbocycles. The summed E-state index contributed by atoms with van der Waals surface area (Å²) in [6, 6.07) is 10.8. The molecular formula is C20H13F5O2S. The Kier molecular flexibility index (Phi) is 5.01. The molecule has 0 atom stereocenters. The average molecular weight is 412 g/mol. The van der Waals surface area contributed by atoms with Crippen molar-refractivity contribution in [1.29, 1.82) is 0 Å². The van der Waals surface area contributed by atoms with Gasteiger partial charge in [0.25, 0.3) is 0 Å². The van der Waals surface area contributed by atoms with Crippen LogP contribution in [0.2, 0.25) is 0 Å². The second-order valence-electron chi connectivity index (χ2n) is 6.21. The van der Waals surface area contributed by atoms with Crippen LogP contribution in [-0.4, -0.2) is 14.7 Å². The molecule has 2 nitrogen and oxygen atoms in total. The quantitative estimate of drug-likeness (QED) is 0.516. The lowest BCUT2D eigenvalue weighted by Crippen LogP contribution is -2.05. The third kappa shape index (κ3) is 4.22. The molecule has 0 unspecified atom stereocenters. The van der Waals surface area contributed by atoms with E-state index in [0.717, 1.165) is 36.6 Å². The molecule has 0 bridgehead atoms. The van der Waals surface area contributed by atoms with E-state index in [9.17, 15) is 30.4 Å². The lowest BCUT2D eigenvalue weighted by Gasteiger charge is -2.15. The zero-order valence-corrected chi connectivity index (χ0v) is 15.2. The zero-order chi connectivity index (χ0) is 20.7. The van der Waals surface area contributed by atoms with Crippen LogP contribution < -0.4 is 0 Å². The van der Waals surface area contributed by atoms with Crippen molar-refractivity contribution < 1.29 is 30.4 Å². The third-order valence-corrected chi connectivity index (χ3v) is 5.24. The first-order valence-electron chi connectivity index (χ1n) is 7.93. The Hall–Kier alpha value is -2.74. The molecule has 0 saturated carbocycles. The van der Waals surface area contributed by atoms with Crippen molar-refractivity contribution >= 4 is 9.84 Å². The van der Waals surface area contributed by atoms with Crippen molar-refractivity contribution in [2.24, 2.45) is 0 Å². The summed E-state index contributed by atoms with van der Waals surface area (Å²) < 4.78 is 89.9. The number of alkyl halides is 3. The molecule has 0 fully saturated rings. The topological polar surface area (TPSA) is 34.1 Å². The minimum Gasteiger partial charge on any atom is -0.224 e. The highest BCUT2D eigenvalue weighted by Gasteiger charge is 2.31. The van der Waals surface area contributed by atoms with Crippen molar-refractivity contribution in [2.75, 3.05) is 6.26 Å². The maximum absolute atomic E-state index is 13.6. The molecule has 0 aromatic heterocycles. The van der Waals surface area contributed by atoms with Crippen molar-refractivity contribution in [3.8, 4) is 22.3 Å². The Morgan fingerprint density at radius 1 is 0.714 bits per heavy atom. The molecule has 0 N–H and O–H groups in total. The molecule has 3 aromatic rings. The lowest BCUT2D eigenvalue weighted by molar-refractivity contribution is -0.137. The summed E-state index contributed by atoms with van der Waals surface area (Å²) in [6.45, 7) is 0. The maximum atomic E-state index is 13.6. The molecule has 28 heavy (non-hydrogen) atoms. The Morgan fingerprint density at radius 2 is 1.29 bits per heavy atom. The van der Waals surface area contributed by atoms with Gasteiger partial charge in [-0.3, -0.25) is 0 Å². The SMILES string of the molecule is CS(=O)(=O)c1ccc(-c2cc(C(F)(F)F)ccc2-c2cc(F)cc(F)c2)cc1. The summed E-state index contributed by atoms with van der Waals surface area (Å²) in [5.41, 5.74) is -0.347. The van der Waals surface area contributed by atoms with E-state index in [0.29, 0.717) is 6.07 Å². The van der Waals surface area contributed by atoms with Gasteiger partial charge in [0.05, 0.1) is 10.5 Å². The third-order valence-electron chi connectivity index (χ3n) is 4.11. The zero-order valence-electron chi connectivity index (χ0n) is 14.4. The smallest absolute Gasteiger partial charge is 0.224 e. The number of hydrogen-bond donors (Lipinski definition) is 0. The number of hydrogen-bond acceptors (Lipinski definition) is 2. The van der Waals surface area contributed by atoms with Gasteiger partial charge in [0.2, 0.25) is 0 Å². The first-order valence-corrected chi connectivity index (χ1v) is 9.82. The minimum absolute atomic E-state index is 0.00146. The van der Waals surface area contributed by atoms with Gasteiger partial charge < -0.3 is 0 Å². The fraction of sp³-hybridized carbons (Fsp3) is 0.100. The van der Waals surface area contributed by atoms with Crippen LogP contribution >= 0.6 is 0 Å². The average Bonchev–Trinajstić information content (AvgIpc) is 2.59. The van der Waals surface area contributed by atoms with Crippen LogP contribution in [0.4, 0.5) is 22.0 Å². The van der Waals surface area contributed by atoms with Crippen LogP contribution in [0.15, 0.2) is 65.6 Å². The number of sulfone groups is 1. The second-order valence-corrected chi connectivity index (χ2v) is 8.23. The monoisotopic (exact) mass is 412 g/mol. The summed E-state index contributed by atoms with van der Waals surface area (Å²) in [7, 11) is -3.49. The molecule has 0 aliphatic carbocycles. The fourth-order valence-corrected chi connectivity index (χ4v) is 3.43. The van der Waals surface area contributed by atoms with E-state index < -0.39 is 33.2 Å². The van der Waals surface area contributed by atoms with Gasteiger partial charge in [0.1, 0.15) is 11.6 Å². The van der Waals surface area contributed by atoms with Crippen molar-refractivity contribution in [1.82, 2.24) is 0 Å². The fourth-order valence-electron chi connectivity index (χ4n) is 2.80. The van der Waals surface area contributed by atoms with Gasteiger partial charge in [0.15, 0.2) is 9.84 Å². The van der Waals surface area contributed by atoms with Gasteiger partial charge in [-0.05, 0) is 58.7 Å². The lowest BCUT2D eigenvalue weighted by atomic mass is 9.92. The van der Waals surface area contributed by atoms with Gasteiger partial charge in [-0.15, -0.1) is 0 Å². The molecule has 8 heteroatoms. The first-order chi connectivity index (χ1) is 12.9. The normalized spacial score (nSPS) is 12.2. The van der Waals surface area contributed by atoms with Crippen molar-refractivity contribution in [3.05, 3.63) is 77.9 Å². The molecule has 3 rings (SSSR count). The number of rotatable bonds is 3. The van der Waals surface area contributed by atoms with E-state index in [-0.39, 0.29) is 27.1 Å². The molecule has 0 amide bonds. The predicted octanol–water partition coefficient (Wildman–Crippen LogP) is 5.72. The van der Waals surface area contributed by atoms with Gasteiger partial charge in [-0.2, -0.15) is 13.2 Å². The first kappa shape index (κ1) is 20.0. The van der Waals surface area contributed by atoms with Crippen LogP contribution in [0.1, 0.15) is 5.56 Å². The molecule has 0 aliphatic heterocycles. The van der Waals surface area contributed by atoms with Gasteiger partial charge >= 0.3 is 6.18 Å². The van der Waals surface area contributed by atoms with Crippen LogP contribution in [0.3, 0.4) is 0 Å². The summed E-state index contributed by atoms with van der Waals surface area (Å²) >= 11 is 0. The molecule has 0 spiro atoms. The van der Waals surface area contributed by atoms with E-state index in [1.54, 1.807) is 0 Å². The molecular weight excluding hydrogens is 399 g/mol. The van der Waals surface area contributed by atoms with Gasteiger partial charge in [-0.25, -0.2) is 17.2 Å². The van der Waals surface area contributed by atoms with E-state index >= 15 is 0 Å². The second kappa shape index (κ2) is 7.01. The molecule has 0 heterocycles. The Morgan fingerprint density at radius 3 is 1.79 bits per heavy atom. The minimum atomic E-state index is -4.62. The summed E-state index contributed by atoms with van der Waals surface area (Å²) in [5, 5.41) is 0. The molecule has 0 radical (unpaired) electrons. The molecule has 146 valence electrons. The number of halogens is 5. The molecule has 0 saturated heterocycles. The Bertz CT molecular complexity index is 1110. The summed E-state index contributed by atoms with van der Waals surface area (Å²) in [4.78, 5) is 0.00146. The van der Waals surface area contributed by atoms with Crippen LogP contribution in [0.25, 0.3) is 22.3 Å². The standard InChI is InChI=1S/C20H13F5O2S/c1-28(26,27)17-5-2-12(3-6-17)19-10-14(20(23,24)25)4-7-18(19)13-8-15(21)11-16(22)9-13/h2-11H,1H3. The molecule has 0 aliphatic rings. The Labute approximate surface area is 158 Å². The van der Waals surface area contributed by atoms with E-state index in [1.807, 2.05) is 0 Å². The summed E-state index contributed by atoms with van der Waals surface area (Å²) in [6.07, 6.45) is -3.61. The highest BCUT2D eigenvalue weighted by Crippen LogP contribution is 2.38. The highest BCUT2D eigenvalue weighted by atomic mass is 32.2. The van der Waals surface area contributed by atoms with Crippen LogP contribution in [0.5, 0.6) is 0 Å². The Balaban J connectivity index is 2.24. The number of benzene rings is 3. The van der Waals surface area contributed by atoms with E-state index in [1.165, 1.54) is 24.3 Å². The predicted molar refractivity (Wildman–Crippen MR) is 95.3 cm³/mol. The van der Waals surface area contributed by atoms with E-state index in [2.05, 4.69) is 0 Å². The van der Waals surface area contributed by atoms with Gasteiger partial charge in [0, 0.05) is 12.3 Å². The van der Waals surface area contributed by atoms with Crippen molar-refractivity contribution in [3.63, 3.8) is 0 Å². The largest absolute Gasteiger partial charge is 0.416 e. The van der Waals surface area contributed by atoms with Crippen LogP contribution in [0, 0.1) is 11.6 Å². The maximum Gasteiger partial charge on any atom is 0.416 e. The summed E-state index contributed by atoms with van der Waals surface area (Å²) in [5.74, 6) is -1.73. The van der Waals surface area contributed by atoms with Gasteiger partial charge in [-0.1, -0.05) is 18.2 Å². The highest BCUT2D eigenvalue weighted by molar-refractivity contribution is 7.90. The van der Waals surface area contributed by atoms with Crippen molar-refractivity contribution in [2.45, 2.75) is 11.1 Å². The van der Waals surface area contributed by atoms with Crippen LogP contribution in [-0.2, 0) is 16.0 Å². The van der Waals surface area contributed by atoms with E-state index in [4.69, 9.17) is 0 Å².